The van der Waals surface area contributed by atoms with E-state index in [0.717, 1.165) is 38.8 Å². The molecule has 9 heteroatoms. The molecule has 30 rings (SSSR count). The van der Waals surface area contributed by atoms with Crippen LogP contribution >= 0.6 is 22.7 Å². The van der Waals surface area contributed by atoms with E-state index in [0.29, 0.717) is 0 Å². The average molecular weight is 1760 g/mol. The van der Waals surface area contributed by atoms with Crippen molar-refractivity contribution < 1.29 is 4.42 Å². The molecule has 0 bridgehead atoms. The number of nitrogens with zero attached hydrogens (tertiary/aromatic N) is 6. The third-order valence-electron chi connectivity index (χ3n) is 27.9. The van der Waals surface area contributed by atoms with Gasteiger partial charge in [-0.15, -0.1) is 22.7 Å². The van der Waals surface area contributed by atoms with Crippen LogP contribution in [-0.4, -0.2) is 27.4 Å². The Morgan fingerprint density at radius 3 is 0.852 bits per heavy atom. The molecule has 0 N–H and O–H groups in total. The molecule has 0 unspecified atom stereocenters. The second-order valence-corrected chi connectivity index (χ2v) is 37.4. The summed E-state index contributed by atoms with van der Waals surface area (Å²) in [7, 11) is 0. The maximum Gasteiger partial charge on any atom is 0.143 e. The maximum atomic E-state index is 6.43. The Bertz CT molecular complexity index is 9710. The van der Waals surface area contributed by atoms with Gasteiger partial charge in [-0.25, -0.2) is 0 Å². The first-order chi connectivity index (χ1) is 67.0. The van der Waals surface area contributed by atoms with Crippen LogP contribution in [0.4, 0.5) is 0 Å². The van der Waals surface area contributed by atoms with Crippen LogP contribution in [0.25, 0.3) is 261 Å². The van der Waals surface area contributed by atoms with E-state index in [1.165, 1.54) is 222 Å². The first-order valence-corrected chi connectivity index (χ1v) is 47.7. The molecular weight excluding hydrogens is 1680 g/mol. The molecule has 630 valence electrons. The van der Waals surface area contributed by atoms with Crippen molar-refractivity contribution in [1.29, 1.82) is 0 Å². The molecule has 21 aromatic carbocycles. The minimum absolute atomic E-state index is 0.914. The van der Waals surface area contributed by atoms with Gasteiger partial charge in [0.05, 0.1) is 66.2 Å². The average Bonchev–Trinajstić information content (AvgIpc) is 1.56. The van der Waals surface area contributed by atoms with Crippen molar-refractivity contribution in [2.24, 2.45) is 0 Å². The maximum absolute atomic E-state index is 6.43. The number of hydrogen-bond acceptors (Lipinski definition) is 3. The Balaban J connectivity index is 0.000000101. The summed E-state index contributed by atoms with van der Waals surface area (Å²) < 4.78 is 26.3. The largest absolute Gasteiger partial charge is 0.455 e. The van der Waals surface area contributed by atoms with Gasteiger partial charge in [-0.2, -0.15) is 0 Å². The molecular formula is C126H78N6OS2. The van der Waals surface area contributed by atoms with E-state index in [1.807, 2.05) is 34.8 Å². The van der Waals surface area contributed by atoms with Gasteiger partial charge in [-0.1, -0.05) is 297 Å². The SMILES string of the molecule is c1ccc(-n2c3ccccc3c3cc4c(cc32)c2ccccc2n4-c2cccc(-c3ccc4sc5ccccc5c4c3)c2)cc1.c1ccc(-n2c3ccccc3c3cc4c(cc32)c2ccccc2n4-c2cccc(-c3cccc4c3oc3ccccc34)c2)cc1.c1ccc(-n2c3ccccc3c3cc4c(cc32)c2ccccc2n4-c2cccc(-c3cccc4c3sc3ccccc34)c2)cc1. The summed E-state index contributed by atoms with van der Waals surface area (Å²) in [6, 6.07) is 172. The highest BCUT2D eigenvalue weighted by atomic mass is 32.1. The summed E-state index contributed by atoms with van der Waals surface area (Å²) in [6.45, 7) is 0. The minimum atomic E-state index is 0.914. The Morgan fingerprint density at radius 2 is 0.430 bits per heavy atom. The predicted octanol–water partition coefficient (Wildman–Crippen LogP) is 35.3. The minimum Gasteiger partial charge on any atom is -0.455 e. The fraction of sp³-hybridized carbons (Fsp3) is 0. The Kier molecular flexibility index (Phi) is 17.4. The van der Waals surface area contributed by atoms with E-state index in [1.54, 1.807) is 0 Å². The zero-order chi connectivity index (χ0) is 88.5. The van der Waals surface area contributed by atoms with Crippen LogP contribution in [0.15, 0.2) is 478 Å². The number of aromatic nitrogens is 6. The van der Waals surface area contributed by atoms with Gasteiger partial charge in [0.2, 0.25) is 0 Å². The van der Waals surface area contributed by atoms with Crippen LogP contribution in [-0.2, 0) is 0 Å². The predicted molar refractivity (Wildman–Crippen MR) is 575 cm³/mol. The quantitative estimate of drug-likeness (QED) is 0.142. The molecule has 0 atom stereocenters. The van der Waals surface area contributed by atoms with Crippen molar-refractivity contribution in [3.05, 3.63) is 473 Å². The van der Waals surface area contributed by atoms with E-state index in [-0.39, 0.29) is 0 Å². The lowest BCUT2D eigenvalue weighted by atomic mass is 10.0. The number of benzene rings is 21. The number of rotatable bonds is 9. The molecule has 0 saturated carbocycles. The molecule has 7 nitrogen and oxygen atoms in total. The number of thiophene rings is 2. The van der Waals surface area contributed by atoms with Crippen LogP contribution in [0.3, 0.4) is 0 Å². The van der Waals surface area contributed by atoms with Gasteiger partial charge >= 0.3 is 0 Å². The standard InChI is InChI=1S/C42H26N2O.2C42H26N2S/c2*1-2-13-28(14-3-1)43-37-21-7-4-16-31(37)35-26-40-36(25-39(35)43)32-17-5-8-22-38(32)44(40)29-15-10-12-27(24-29)30-19-11-20-34-33-18-6-9-23-41(33)45-42(30)34;1-2-12-29(13-3-1)43-37-18-7-4-15-31(37)34-26-40-35(25-39(34)43)32-16-5-8-19-38(32)44(40)30-14-10-11-27(23-30)28-21-22-42-36(24-28)33-17-6-9-20-41(33)45-42/h3*1-26H. The highest BCUT2D eigenvalue weighted by Gasteiger charge is 2.26. The molecule has 0 amide bonds. The van der Waals surface area contributed by atoms with E-state index >= 15 is 0 Å². The first kappa shape index (κ1) is 76.5. The molecule has 30 aromatic rings. The van der Waals surface area contributed by atoms with Crippen molar-refractivity contribution in [2.75, 3.05) is 0 Å². The topological polar surface area (TPSA) is 42.7 Å². The molecule has 0 fully saturated rings. The highest BCUT2D eigenvalue weighted by molar-refractivity contribution is 7.26. The molecule has 0 saturated heterocycles. The molecule has 0 radical (unpaired) electrons. The molecule has 0 aliphatic heterocycles. The molecule has 9 heterocycles. The second-order valence-electron chi connectivity index (χ2n) is 35.3. The van der Waals surface area contributed by atoms with Gasteiger partial charge in [0.25, 0.3) is 0 Å². The summed E-state index contributed by atoms with van der Waals surface area (Å²) in [4.78, 5) is 0. The third kappa shape index (κ3) is 12.1. The van der Waals surface area contributed by atoms with Crippen molar-refractivity contribution in [2.45, 2.75) is 0 Å². The molecule has 135 heavy (non-hydrogen) atoms. The fourth-order valence-electron chi connectivity index (χ4n) is 22.0. The Labute approximate surface area is 782 Å². The molecule has 0 aliphatic rings. The van der Waals surface area contributed by atoms with Crippen molar-refractivity contribution >= 4 is 216 Å². The van der Waals surface area contributed by atoms with Gasteiger partial charge in [0.1, 0.15) is 11.2 Å². The van der Waals surface area contributed by atoms with E-state index < -0.39 is 0 Å². The third-order valence-corrected chi connectivity index (χ3v) is 30.3. The van der Waals surface area contributed by atoms with Crippen molar-refractivity contribution in [3.8, 4) is 67.5 Å². The summed E-state index contributed by atoms with van der Waals surface area (Å²) in [5.74, 6) is 0. The molecule has 9 aromatic heterocycles. The fourth-order valence-corrected chi connectivity index (χ4v) is 24.3. The van der Waals surface area contributed by atoms with Crippen LogP contribution in [0.5, 0.6) is 0 Å². The lowest BCUT2D eigenvalue weighted by Crippen LogP contribution is -1.95. The summed E-state index contributed by atoms with van der Waals surface area (Å²) in [6.07, 6.45) is 0. The molecule has 0 spiro atoms. The summed E-state index contributed by atoms with van der Waals surface area (Å²) in [5, 5.41) is 22.7. The van der Waals surface area contributed by atoms with E-state index in [2.05, 4.69) is 488 Å². The molecule has 0 aliphatic carbocycles. The lowest BCUT2D eigenvalue weighted by Gasteiger charge is -2.11. The monoisotopic (exact) mass is 1750 g/mol. The Morgan fingerprint density at radius 1 is 0.148 bits per heavy atom. The summed E-state index contributed by atoms with van der Waals surface area (Å²) in [5.41, 5.74) is 30.6. The normalized spacial score (nSPS) is 12.0. The zero-order valence-corrected chi connectivity index (χ0v) is 74.6. The van der Waals surface area contributed by atoms with Crippen molar-refractivity contribution in [1.82, 2.24) is 27.4 Å². The number of fused-ring (bicyclic) bond motifs is 27. The van der Waals surface area contributed by atoms with Crippen LogP contribution < -0.4 is 0 Å². The van der Waals surface area contributed by atoms with E-state index in [9.17, 15) is 0 Å². The van der Waals surface area contributed by atoms with Crippen LogP contribution in [0.1, 0.15) is 0 Å². The van der Waals surface area contributed by atoms with E-state index in [4.69, 9.17) is 4.42 Å². The zero-order valence-electron chi connectivity index (χ0n) is 72.9. The second kappa shape index (κ2) is 30.6. The van der Waals surface area contributed by atoms with Gasteiger partial charge in [0.15, 0.2) is 0 Å². The number of para-hydroxylation sites is 11. The number of hydrogen-bond donors (Lipinski definition) is 0. The van der Waals surface area contributed by atoms with Gasteiger partial charge in [0, 0.05) is 155 Å². The lowest BCUT2D eigenvalue weighted by molar-refractivity contribution is 0.670. The van der Waals surface area contributed by atoms with Crippen LogP contribution in [0.2, 0.25) is 0 Å². The van der Waals surface area contributed by atoms with Gasteiger partial charge < -0.3 is 31.8 Å². The summed E-state index contributed by atoms with van der Waals surface area (Å²) >= 11 is 3.75. The Hall–Kier alpha value is -17.3. The van der Waals surface area contributed by atoms with Gasteiger partial charge in [-0.05, 0) is 204 Å². The first-order valence-electron chi connectivity index (χ1n) is 46.1. The van der Waals surface area contributed by atoms with Crippen LogP contribution in [0, 0.1) is 0 Å². The smallest absolute Gasteiger partial charge is 0.143 e. The van der Waals surface area contributed by atoms with Gasteiger partial charge in [-0.3, -0.25) is 0 Å². The highest BCUT2D eigenvalue weighted by Crippen LogP contribution is 2.48. The number of furan rings is 1. The van der Waals surface area contributed by atoms with Crippen molar-refractivity contribution in [3.63, 3.8) is 0 Å².